The number of benzene rings is 6. The van der Waals surface area contributed by atoms with Gasteiger partial charge in [-0.1, -0.05) is 66.7 Å². The number of nitrogens with zero attached hydrogens (tertiary/aromatic N) is 1. The van der Waals surface area contributed by atoms with Crippen LogP contribution in [0, 0.1) is 0 Å². The Morgan fingerprint density at radius 3 is 2.23 bits per heavy atom. The molecule has 0 fully saturated rings. The molecule has 6 aromatic carbocycles. The summed E-state index contributed by atoms with van der Waals surface area (Å²) in [5, 5.41) is 13.3. The quantitative estimate of drug-likeness (QED) is 0.219. The van der Waals surface area contributed by atoms with E-state index < -0.39 is 0 Å². The maximum atomic E-state index is 6.58. The molecule has 0 atom stereocenters. The van der Waals surface area contributed by atoms with Gasteiger partial charge in [-0.15, -0.1) is 22.7 Å². The lowest BCUT2D eigenvalue weighted by molar-refractivity contribution is 0.673. The minimum Gasteiger partial charge on any atom is -0.455 e. The van der Waals surface area contributed by atoms with Gasteiger partial charge in [-0.2, -0.15) is 0 Å². The van der Waals surface area contributed by atoms with E-state index in [2.05, 4.69) is 115 Å². The minimum absolute atomic E-state index is 0.777. The van der Waals surface area contributed by atoms with E-state index in [1.807, 2.05) is 28.9 Å². The van der Waals surface area contributed by atoms with Crippen LogP contribution in [0.3, 0.4) is 0 Å². The second-order valence-electron chi connectivity index (χ2n) is 11.1. The van der Waals surface area contributed by atoms with Gasteiger partial charge < -0.3 is 9.73 Å². The summed E-state index contributed by atoms with van der Waals surface area (Å²) in [7, 11) is 0. The highest BCUT2D eigenvalue weighted by molar-refractivity contribution is 7.27. The van der Waals surface area contributed by atoms with Crippen LogP contribution in [0.4, 0.5) is 0 Å². The molecule has 0 saturated carbocycles. The van der Waals surface area contributed by atoms with Gasteiger partial charge in [-0.3, -0.25) is 0 Å². The molecule has 0 bridgehead atoms. The zero-order valence-electron chi connectivity index (χ0n) is 22.8. The van der Waals surface area contributed by atoms with E-state index in [9.17, 15) is 0 Å². The SMILES string of the molecule is C1=CN=C(c2ccc(-c3cc4c5ccccc5oc4c4c3sc3ccccc34)c3sc4cc5ccccc5cc4c23)NC1. The fourth-order valence-electron chi connectivity index (χ4n) is 6.79. The van der Waals surface area contributed by atoms with Gasteiger partial charge in [0.25, 0.3) is 0 Å². The number of nitrogens with one attached hydrogen (secondary N) is 1. The Bertz CT molecular complexity index is 2680. The lowest BCUT2D eigenvalue weighted by atomic mass is 9.95. The third kappa shape index (κ3) is 3.32. The minimum atomic E-state index is 0.777. The largest absolute Gasteiger partial charge is 0.455 e. The fourth-order valence-corrected chi connectivity index (χ4v) is 9.30. The van der Waals surface area contributed by atoms with Crippen LogP contribution in [0.2, 0.25) is 0 Å². The van der Waals surface area contributed by atoms with Gasteiger partial charge in [0.15, 0.2) is 0 Å². The van der Waals surface area contributed by atoms with Crippen molar-refractivity contribution in [2.45, 2.75) is 0 Å². The Kier molecular flexibility index (Phi) is 4.81. The van der Waals surface area contributed by atoms with Crippen LogP contribution in [-0.2, 0) is 0 Å². The van der Waals surface area contributed by atoms with E-state index in [1.54, 1.807) is 0 Å². The zero-order chi connectivity index (χ0) is 28.1. The average Bonchev–Trinajstić information content (AvgIpc) is 3.74. The average molecular weight is 587 g/mol. The summed E-state index contributed by atoms with van der Waals surface area (Å²) < 4.78 is 11.7. The Balaban J connectivity index is 1.39. The molecule has 0 aliphatic carbocycles. The van der Waals surface area contributed by atoms with Crippen molar-refractivity contribution < 1.29 is 4.42 Å². The van der Waals surface area contributed by atoms with Crippen LogP contribution in [0.15, 0.2) is 125 Å². The number of hydrogen-bond donors (Lipinski definition) is 1. The number of aliphatic imine (C=N–C) groups is 1. The number of hydrogen-bond acceptors (Lipinski definition) is 5. The third-order valence-electron chi connectivity index (χ3n) is 8.72. The van der Waals surface area contributed by atoms with Crippen LogP contribution < -0.4 is 5.32 Å². The van der Waals surface area contributed by atoms with Gasteiger partial charge in [0.05, 0.1) is 0 Å². The molecule has 9 aromatic rings. The molecule has 43 heavy (non-hydrogen) atoms. The van der Waals surface area contributed by atoms with Gasteiger partial charge in [0, 0.05) is 80.6 Å². The van der Waals surface area contributed by atoms with Crippen LogP contribution >= 0.6 is 22.7 Å². The lowest BCUT2D eigenvalue weighted by Crippen LogP contribution is -2.26. The molecule has 0 amide bonds. The first kappa shape index (κ1) is 23.6. The normalized spacial score (nSPS) is 13.7. The Morgan fingerprint density at radius 2 is 1.35 bits per heavy atom. The number of fused-ring (bicyclic) bond motifs is 11. The summed E-state index contributed by atoms with van der Waals surface area (Å²) in [5.41, 5.74) is 5.54. The summed E-state index contributed by atoms with van der Waals surface area (Å²) in [5.74, 6) is 0.926. The number of para-hydroxylation sites is 1. The van der Waals surface area contributed by atoms with Crippen molar-refractivity contribution in [2.24, 2.45) is 4.99 Å². The van der Waals surface area contributed by atoms with Crippen molar-refractivity contribution >= 4 is 102 Å². The smallest absolute Gasteiger partial charge is 0.144 e. The van der Waals surface area contributed by atoms with Gasteiger partial charge in [-0.25, -0.2) is 4.99 Å². The lowest BCUT2D eigenvalue weighted by Gasteiger charge is -2.14. The molecule has 10 rings (SSSR count). The maximum Gasteiger partial charge on any atom is 0.144 e. The van der Waals surface area contributed by atoms with Gasteiger partial charge in [0.1, 0.15) is 17.0 Å². The number of rotatable bonds is 2. The second kappa shape index (κ2) is 8.77. The molecule has 0 unspecified atom stereocenters. The monoisotopic (exact) mass is 586 g/mol. The number of amidine groups is 1. The third-order valence-corrected chi connectivity index (χ3v) is 11.1. The number of thiophene rings is 2. The molecule has 1 aliphatic heterocycles. The van der Waals surface area contributed by atoms with Crippen molar-refractivity contribution in [3.63, 3.8) is 0 Å². The molecule has 1 N–H and O–H groups in total. The Morgan fingerprint density at radius 1 is 0.605 bits per heavy atom. The van der Waals surface area contributed by atoms with E-state index in [0.29, 0.717) is 0 Å². The zero-order valence-corrected chi connectivity index (χ0v) is 24.5. The summed E-state index contributed by atoms with van der Waals surface area (Å²) in [6, 6.07) is 37.4. The topological polar surface area (TPSA) is 37.5 Å². The summed E-state index contributed by atoms with van der Waals surface area (Å²) >= 11 is 3.74. The van der Waals surface area contributed by atoms with Crippen LogP contribution in [0.1, 0.15) is 5.56 Å². The highest BCUT2D eigenvalue weighted by atomic mass is 32.1. The summed E-state index contributed by atoms with van der Waals surface area (Å²) in [4.78, 5) is 4.77. The number of furan rings is 1. The molecule has 1 aliphatic rings. The van der Waals surface area contributed by atoms with Crippen LogP contribution in [-0.4, -0.2) is 12.4 Å². The highest BCUT2D eigenvalue weighted by Gasteiger charge is 2.23. The van der Waals surface area contributed by atoms with Crippen molar-refractivity contribution in [3.8, 4) is 11.1 Å². The fraction of sp³-hybridized carbons (Fsp3) is 0.0263. The van der Waals surface area contributed by atoms with Gasteiger partial charge in [0.2, 0.25) is 0 Å². The molecule has 4 heterocycles. The molecule has 202 valence electrons. The van der Waals surface area contributed by atoms with E-state index >= 15 is 0 Å². The summed E-state index contributed by atoms with van der Waals surface area (Å²) in [6.07, 6.45) is 3.96. The van der Waals surface area contributed by atoms with Crippen molar-refractivity contribution in [2.75, 3.05) is 6.54 Å². The predicted octanol–water partition coefficient (Wildman–Crippen LogP) is 11.0. The van der Waals surface area contributed by atoms with Crippen LogP contribution in [0.25, 0.3) is 84.2 Å². The van der Waals surface area contributed by atoms with E-state index in [1.165, 1.54) is 62.2 Å². The van der Waals surface area contributed by atoms with Crippen LogP contribution in [0.5, 0.6) is 0 Å². The predicted molar refractivity (Wildman–Crippen MR) is 186 cm³/mol. The standard InChI is InChI=1S/C38H22N2OS2/c1-2-9-22-19-32-29(18-21(22)8-1)33-26(38-39-16-7-17-40-38)15-14-24(36(33)43-32)28-20-27-23-10-3-5-12-30(23)41-35(27)34-25-11-4-6-13-31(25)42-37(28)34/h1-16,18-20H,17H2,(H,39,40). The first-order chi connectivity index (χ1) is 21.3. The highest BCUT2D eigenvalue weighted by Crippen LogP contribution is 2.50. The summed E-state index contributed by atoms with van der Waals surface area (Å²) in [6.45, 7) is 0.777. The molecular weight excluding hydrogens is 565 g/mol. The molecule has 0 radical (unpaired) electrons. The molecule has 3 aromatic heterocycles. The molecule has 5 heteroatoms. The van der Waals surface area contributed by atoms with Crippen molar-refractivity contribution in [1.29, 1.82) is 0 Å². The van der Waals surface area contributed by atoms with Gasteiger partial charge >= 0.3 is 0 Å². The molecule has 3 nitrogen and oxygen atoms in total. The molecular formula is C38H22N2OS2. The molecule has 0 saturated heterocycles. The first-order valence-corrected chi connectivity index (χ1v) is 16.1. The van der Waals surface area contributed by atoms with E-state index in [4.69, 9.17) is 9.41 Å². The Labute approximate surface area is 254 Å². The van der Waals surface area contributed by atoms with Gasteiger partial charge in [-0.05, 0) is 53.2 Å². The second-order valence-corrected chi connectivity index (χ2v) is 13.2. The van der Waals surface area contributed by atoms with E-state index in [0.717, 1.165) is 39.9 Å². The van der Waals surface area contributed by atoms with Crippen molar-refractivity contribution in [1.82, 2.24) is 5.32 Å². The molecule has 0 spiro atoms. The first-order valence-electron chi connectivity index (χ1n) is 14.4. The Hall–Kier alpha value is -4.97. The van der Waals surface area contributed by atoms with E-state index in [-0.39, 0.29) is 0 Å². The van der Waals surface area contributed by atoms with Crippen molar-refractivity contribution in [3.05, 3.63) is 121 Å². The maximum absolute atomic E-state index is 6.58.